The number of nitro groups is 1. The zero-order chi connectivity index (χ0) is 15.1. The number of aliphatic hydroxyl groups excluding tert-OH is 1. The zero-order valence-corrected chi connectivity index (χ0v) is 12.4. The molecule has 0 radical (unpaired) electrons. The van der Waals surface area contributed by atoms with E-state index in [1.165, 1.54) is 4.31 Å². The SMILES string of the molecule is CC1CCN(S(=O)(=O)c2cc([N+](=O)[O-])c(N)s2)C1CO. The third kappa shape index (κ3) is 2.39. The Hall–Kier alpha value is -1.23. The van der Waals surface area contributed by atoms with Crippen molar-refractivity contribution in [2.75, 3.05) is 18.9 Å². The Labute approximate surface area is 120 Å². The van der Waals surface area contributed by atoms with Gasteiger partial charge in [0.2, 0.25) is 0 Å². The Morgan fingerprint density at radius 2 is 2.30 bits per heavy atom. The topological polar surface area (TPSA) is 127 Å². The molecule has 2 unspecified atom stereocenters. The first kappa shape index (κ1) is 15.2. The molecule has 1 aliphatic heterocycles. The molecule has 0 aromatic carbocycles. The summed E-state index contributed by atoms with van der Waals surface area (Å²) in [6.45, 7) is 1.88. The third-order valence-corrected chi connectivity index (χ3v) is 6.82. The molecule has 1 saturated heterocycles. The predicted molar refractivity (Wildman–Crippen MR) is 73.9 cm³/mol. The van der Waals surface area contributed by atoms with Gasteiger partial charge >= 0.3 is 5.69 Å². The molecule has 112 valence electrons. The molecule has 3 N–H and O–H groups in total. The summed E-state index contributed by atoms with van der Waals surface area (Å²) in [7, 11) is -3.86. The third-order valence-electron chi connectivity index (χ3n) is 3.50. The van der Waals surface area contributed by atoms with E-state index < -0.39 is 26.7 Å². The first-order chi connectivity index (χ1) is 9.28. The summed E-state index contributed by atoms with van der Waals surface area (Å²) in [5.41, 5.74) is 5.08. The maximum Gasteiger partial charge on any atom is 0.304 e. The lowest BCUT2D eigenvalue weighted by Crippen LogP contribution is -2.39. The number of thiophene rings is 1. The van der Waals surface area contributed by atoms with Gasteiger partial charge in [-0.3, -0.25) is 10.1 Å². The second-order valence-corrected chi connectivity index (χ2v) is 7.90. The molecular formula is C10H15N3O5S2. The largest absolute Gasteiger partial charge is 0.395 e. The highest BCUT2D eigenvalue weighted by atomic mass is 32.2. The first-order valence-corrected chi connectivity index (χ1v) is 8.21. The number of anilines is 1. The van der Waals surface area contributed by atoms with Gasteiger partial charge in [-0.05, 0) is 12.3 Å². The Balaban J connectivity index is 2.40. The lowest BCUT2D eigenvalue weighted by molar-refractivity contribution is -0.383. The minimum Gasteiger partial charge on any atom is -0.395 e. The molecular weight excluding hydrogens is 306 g/mol. The average Bonchev–Trinajstić information content (AvgIpc) is 2.92. The molecule has 2 atom stereocenters. The monoisotopic (exact) mass is 321 g/mol. The van der Waals surface area contributed by atoms with Gasteiger partial charge in [0.15, 0.2) is 5.00 Å². The van der Waals surface area contributed by atoms with Crippen LogP contribution in [0, 0.1) is 16.0 Å². The summed E-state index contributed by atoms with van der Waals surface area (Å²) in [6, 6.07) is 0.481. The predicted octanol–water partition coefficient (Wildman–Crippen LogP) is 0.630. The second kappa shape index (κ2) is 5.28. The van der Waals surface area contributed by atoms with Gasteiger partial charge in [0, 0.05) is 12.6 Å². The summed E-state index contributed by atoms with van der Waals surface area (Å²) in [4.78, 5) is 10.0. The van der Waals surface area contributed by atoms with Crippen molar-refractivity contribution in [2.24, 2.45) is 5.92 Å². The molecule has 8 nitrogen and oxygen atoms in total. The van der Waals surface area contributed by atoms with Gasteiger partial charge in [-0.2, -0.15) is 4.31 Å². The van der Waals surface area contributed by atoms with Crippen LogP contribution in [0.1, 0.15) is 13.3 Å². The zero-order valence-electron chi connectivity index (χ0n) is 10.7. The molecule has 1 fully saturated rings. The van der Waals surface area contributed by atoms with Gasteiger partial charge in [0.1, 0.15) is 4.21 Å². The average molecular weight is 321 g/mol. The standard InChI is InChI=1S/C10H15N3O5S2/c1-6-2-3-12(8(6)5-14)20(17,18)9-4-7(13(15)16)10(11)19-9/h4,6,8,14H,2-3,5,11H2,1H3. The molecule has 0 bridgehead atoms. The lowest BCUT2D eigenvalue weighted by Gasteiger charge is -2.23. The second-order valence-electron chi connectivity index (χ2n) is 4.70. The van der Waals surface area contributed by atoms with E-state index in [4.69, 9.17) is 5.73 Å². The van der Waals surface area contributed by atoms with Gasteiger partial charge in [-0.15, -0.1) is 0 Å². The quantitative estimate of drug-likeness (QED) is 0.618. The Kier molecular flexibility index (Phi) is 4.00. The molecule has 20 heavy (non-hydrogen) atoms. The van der Waals surface area contributed by atoms with E-state index in [1.807, 2.05) is 6.92 Å². The van der Waals surface area contributed by atoms with E-state index in [0.717, 1.165) is 6.07 Å². The minimum absolute atomic E-state index is 0.0436. The van der Waals surface area contributed by atoms with E-state index in [0.29, 0.717) is 24.3 Å². The Morgan fingerprint density at radius 1 is 1.65 bits per heavy atom. The fourth-order valence-electron chi connectivity index (χ4n) is 2.30. The van der Waals surface area contributed by atoms with Crippen LogP contribution in [0.25, 0.3) is 0 Å². The van der Waals surface area contributed by atoms with E-state index in [1.54, 1.807) is 0 Å². The molecule has 2 rings (SSSR count). The van der Waals surface area contributed by atoms with Crippen LogP contribution in [0.4, 0.5) is 10.7 Å². The van der Waals surface area contributed by atoms with Crippen LogP contribution in [0.15, 0.2) is 10.3 Å². The van der Waals surface area contributed by atoms with Crippen LogP contribution in [0.3, 0.4) is 0 Å². The highest BCUT2D eigenvalue weighted by molar-refractivity contribution is 7.91. The van der Waals surface area contributed by atoms with E-state index in [-0.39, 0.29) is 21.7 Å². The number of nitrogen functional groups attached to an aromatic ring is 1. The first-order valence-electron chi connectivity index (χ1n) is 5.95. The van der Waals surface area contributed by atoms with Crippen molar-refractivity contribution in [1.29, 1.82) is 0 Å². The lowest BCUT2D eigenvalue weighted by atomic mass is 10.0. The molecule has 0 amide bonds. The molecule has 0 saturated carbocycles. The normalized spacial score (nSPS) is 24.1. The highest BCUT2D eigenvalue weighted by Gasteiger charge is 2.40. The van der Waals surface area contributed by atoms with E-state index >= 15 is 0 Å². The Bertz CT molecular complexity index is 627. The van der Waals surface area contributed by atoms with Crippen LogP contribution in [-0.4, -0.2) is 41.9 Å². The summed E-state index contributed by atoms with van der Waals surface area (Å²) < 4.78 is 26.0. The van der Waals surface area contributed by atoms with Crippen molar-refractivity contribution in [1.82, 2.24) is 4.31 Å². The Morgan fingerprint density at radius 3 is 2.80 bits per heavy atom. The smallest absolute Gasteiger partial charge is 0.304 e. The molecule has 2 heterocycles. The highest BCUT2D eigenvalue weighted by Crippen LogP contribution is 2.38. The molecule has 0 aliphatic carbocycles. The van der Waals surface area contributed by atoms with Gasteiger partial charge < -0.3 is 10.8 Å². The van der Waals surface area contributed by atoms with E-state index in [9.17, 15) is 23.6 Å². The minimum atomic E-state index is -3.86. The van der Waals surface area contributed by atoms with Crippen molar-refractivity contribution in [3.8, 4) is 0 Å². The van der Waals surface area contributed by atoms with Crippen LogP contribution in [0.5, 0.6) is 0 Å². The van der Waals surface area contributed by atoms with Gasteiger partial charge in [0.05, 0.1) is 17.6 Å². The molecule has 0 spiro atoms. The van der Waals surface area contributed by atoms with Gasteiger partial charge in [0.25, 0.3) is 10.0 Å². The summed E-state index contributed by atoms with van der Waals surface area (Å²) in [5.74, 6) is 0.0436. The number of hydrogen-bond donors (Lipinski definition) is 2. The maximum absolute atomic E-state index is 12.5. The van der Waals surface area contributed by atoms with Crippen LogP contribution in [-0.2, 0) is 10.0 Å². The number of hydrogen-bond acceptors (Lipinski definition) is 7. The summed E-state index contributed by atoms with van der Waals surface area (Å²) >= 11 is 0.675. The van der Waals surface area contributed by atoms with Crippen LogP contribution >= 0.6 is 11.3 Å². The number of nitrogens with two attached hydrogens (primary N) is 1. The summed E-state index contributed by atoms with van der Waals surface area (Å²) in [6.07, 6.45) is 0.646. The maximum atomic E-state index is 12.5. The number of sulfonamides is 1. The van der Waals surface area contributed by atoms with E-state index in [2.05, 4.69) is 0 Å². The molecule has 10 heteroatoms. The number of aliphatic hydroxyl groups is 1. The van der Waals surface area contributed by atoms with Crippen LogP contribution in [0.2, 0.25) is 0 Å². The van der Waals surface area contributed by atoms with Crippen molar-refractivity contribution in [3.05, 3.63) is 16.2 Å². The van der Waals surface area contributed by atoms with Gasteiger partial charge in [-0.25, -0.2) is 8.42 Å². The fourth-order valence-corrected chi connectivity index (χ4v) is 5.37. The molecule has 1 aromatic rings. The van der Waals surface area contributed by atoms with Gasteiger partial charge in [-0.1, -0.05) is 18.3 Å². The van der Waals surface area contributed by atoms with Crippen molar-refractivity contribution >= 4 is 32.0 Å². The molecule has 1 aromatic heterocycles. The van der Waals surface area contributed by atoms with Crippen molar-refractivity contribution < 1.29 is 18.4 Å². The fraction of sp³-hybridized carbons (Fsp3) is 0.600. The van der Waals surface area contributed by atoms with Crippen molar-refractivity contribution in [2.45, 2.75) is 23.6 Å². The number of nitrogens with zero attached hydrogens (tertiary/aromatic N) is 2. The number of rotatable bonds is 4. The summed E-state index contributed by atoms with van der Waals surface area (Å²) in [5, 5.41) is 19.9. The van der Waals surface area contributed by atoms with Crippen molar-refractivity contribution in [3.63, 3.8) is 0 Å². The molecule has 1 aliphatic rings. The van der Waals surface area contributed by atoms with Crippen LogP contribution < -0.4 is 5.73 Å².